The minimum absolute atomic E-state index is 0.336. The van der Waals surface area contributed by atoms with E-state index in [2.05, 4.69) is 21.5 Å². The van der Waals surface area contributed by atoms with Crippen molar-refractivity contribution in [3.8, 4) is 0 Å². The Balaban J connectivity index is 1.48. The highest BCUT2D eigenvalue weighted by atomic mass is 19.4. The Labute approximate surface area is 145 Å². The maximum absolute atomic E-state index is 12.7. The molecule has 0 bridgehead atoms. The molecular weight excluding hydrogens is 327 g/mol. The maximum Gasteiger partial charge on any atom is 0.417 e. The molecule has 2 heterocycles. The first kappa shape index (κ1) is 18.0. The highest BCUT2D eigenvalue weighted by Crippen LogP contribution is 2.31. The van der Waals surface area contributed by atoms with Gasteiger partial charge in [-0.15, -0.1) is 0 Å². The minimum Gasteiger partial charge on any atom is -0.341 e. The summed E-state index contributed by atoms with van der Waals surface area (Å²) in [5.74, 6) is 1.56. The van der Waals surface area contributed by atoms with Gasteiger partial charge in [0.25, 0.3) is 0 Å². The molecule has 0 amide bonds. The standard InChI is InChI=1S/C19H24F3N3/c1-13(9-10-14-6-2-3-7-14)5-4-8-17-24-16-11-15(19(20,21)22)12-23-18(16)25-17/h11-12,14H,1-10H2,(H,23,24,25). The molecule has 1 aliphatic carbocycles. The highest BCUT2D eigenvalue weighted by molar-refractivity contribution is 5.71. The summed E-state index contributed by atoms with van der Waals surface area (Å²) in [6, 6.07) is 1.07. The van der Waals surface area contributed by atoms with Crippen LogP contribution in [0.3, 0.4) is 0 Å². The molecule has 6 heteroatoms. The molecule has 3 rings (SSSR count). The lowest BCUT2D eigenvalue weighted by Crippen LogP contribution is -2.05. The predicted molar refractivity (Wildman–Crippen MR) is 92.2 cm³/mol. The summed E-state index contributed by atoms with van der Waals surface area (Å²) in [6.07, 6.45) is 6.76. The van der Waals surface area contributed by atoms with E-state index in [-0.39, 0.29) is 0 Å². The van der Waals surface area contributed by atoms with E-state index in [1.807, 2.05) is 0 Å². The summed E-state index contributed by atoms with van der Waals surface area (Å²) >= 11 is 0. The van der Waals surface area contributed by atoms with Crippen LogP contribution in [0.2, 0.25) is 0 Å². The fourth-order valence-electron chi connectivity index (χ4n) is 3.56. The molecule has 2 aromatic heterocycles. The smallest absolute Gasteiger partial charge is 0.341 e. The number of nitrogens with one attached hydrogen (secondary N) is 1. The summed E-state index contributed by atoms with van der Waals surface area (Å²) < 4.78 is 38.1. The lowest BCUT2D eigenvalue weighted by molar-refractivity contribution is -0.137. The zero-order valence-corrected chi connectivity index (χ0v) is 14.3. The van der Waals surface area contributed by atoms with Gasteiger partial charge >= 0.3 is 6.18 Å². The van der Waals surface area contributed by atoms with E-state index >= 15 is 0 Å². The van der Waals surface area contributed by atoms with Crippen LogP contribution in [0.25, 0.3) is 11.2 Å². The number of aryl methyl sites for hydroxylation is 1. The van der Waals surface area contributed by atoms with Gasteiger partial charge in [0.15, 0.2) is 5.65 Å². The molecule has 1 saturated carbocycles. The Kier molecular flexibility index (Phi) is 5.45. The lowest BCUT2D eigenvalue weighted by Gasteiger charge is -2.10. The SMILES string of the molecule is C=C(CCCc1nc2ncc(C(F)(F)F)cc2[nH]1)CCC1CCCC1. The quantitative estimate of drug-likeness (QED) is 0.638. The van der Waals surface area contributed by atoms with Crippen molar-refractivity contribution in [3.63, 3.8) is 0 Å². The van der Waals surface area contributed by atoms with Crippen LogP contribution in [0.5, 0.6) is 0 Å². The predicted octanol–water partition coefficient (Wildman–Crippen LogP) is 5.83. The summed E-state index contributed by atoms with van der Waals surface area (Å²) in [5, 5.41) is 0. The largest absolute Gasteiger partial charge is 0.417 e. The number of hydrogen-bond acceptors (Lipinski definition) is 2. The van der Waals surface area contributed by atoms with Gasteiger partial charge in [0, 0.05) is 12.6 Å². The average Bonchev–Trinajstić information content (AvgIpc) is 3.20. The Morgan fingerprint density at radius 2 is 2.00 bits per heavy atom. The van der Waals surface area contributed by atoms with E-state index in [9.17, 15) is 13.2 Å². The van der Waals surface area contributed by atoms with E-state index in [1.54, 1.807) is 0 Å². The number of allylic oxidation sites excluding steroid dienone is 1. The number of aromatic amines is 1. The molecule has 1 N–H and O–H groups in total. The molecule has 2 aromatic rings. The first-order valence-electron chi connectivity index (χ1n) is 9.00. The van der Waals surface area contributed by atoms with Crippen LogP contribution in [0.15, 0.2) is 24.4 Å². The third-order valence-electron chi connectivity index (χ3n) is 5.04. The number of fused-ring (bicyclic) bond motifs is 1. The first-order chi connectivity index (χ1) is 11.9. The van der Waals surface area contributed by atoms with E-state index in [0.29, 0.717) is 23.4 Å². The Hall–Kier alpha value is -1.85. The zero-order chi connectivity index (χ0) is 17.9. The van der Waals surface area contributed by atoms with Crippen molar-refractivity contribution < 1.29 is 13.2 Å². The second-order valence-corrected chi connectivity index (χ2v) is 7.07. The summed E-state index contributed by atoms with van der Waals surface area (Å²) in [6.45, 7) is 4.16. The van der Waals surface area contributed by atoms with E-state index in [4.69, 9.17) is 0 Å². The number of nitrogens with zero attached hydrogens (tertiary/aromatic N) is 2. The van der Waals surface area contributed by atoms with E-state index in [1.165, 1.54) is 37.7 Å². The van der Waals surface area contributed by atoms with Gasteiger partial charge in [-0.25, -0.2) is 9.97 Å². The molecular formula is C19H24F3N3. The molecule has 0 spiro atoms. The molecule has 3 nitrogen and oxygen atoms in total. The Morgan fingerprint density at radius 3 is 2.72 bits per heavy atom. The number of rotatable bonds is 7. The molecule has 136 valence electrons. The minimum atomic E-state index is -4.39. The van der Waals surface area contributed by atoms with Crippen molar-refractivity contribution >= 4 is 11.2 Å². The fraction of sp³-hybridized carbons (Fsp3) is 0.579. The van der Waals surface area contributed by atoms with Gasteiger partial charge in [-0.1, -0.05) is 37.8 Å². The van der Waals surface area contributed by atoms with Crippen LogP contribution in [-0.2, 0) is 12.6 Å². The van der Waals surface area contributed by atoms with Crippen LogP contribution in [0.4, 0.5) is 13.2 Å². The van der Waals surface area contributed by atoms with Gasteiger partial charge in [0.05, 0.1) is 11.1 Å². The molecule has 0 radical (unpaired) electrons. The lowest BCUT2D eigenvalue weighted by atomic mass is 9.96. The highest BCUT2D eigenvalue weighted by Gasteiger charge is 2.31. The van der Waals surface area contributed by atoms with Crippen molar-refractivity contribution in [2.75, 3.05) is 0 Å². The normalized spacial score (nSPS) is 16.0. The summed E-state index contributed by atoms with van der Waals surface area (Å²) in [4.78, 5) is 11.0. The number of H-pyrrole nitrogens is 1. The van der Waals surface area contributed by atoms with Crippen LogP contribution in [-0.4, -0.2) is 15.0 Å². The third-order valence-corrected chi connectivity index (χ3v) is 5.04. The number of aromatic nitrogens is 3. The third kappa shape index (κ3) is 4.83. The van der Waals surface area contributed by atoms with Crippen LogP contribution >= 0.6 is 0 Å². The van der Waals surface area contributed by atoms with Crippen molar-refractivity contribution in [1.29, 1.82) is 0 Å². The number of hydrogen-bond donors (Lipinski definition) is 1. The number of halogens is 3. The molecule has 1 aliphatic rings. The second kappa shape index (κ2) is 7.58. The molecule has 0 atom stereocenters. The van der Waals surface area contributed by atoms with Gasteiger partial charge in [0.2, 0.25) is 0 Å². The Bertz CT molecular complexity index is 727. The van der Waals surface area contributed by atoms with Crippen molar-refractivity contribution in [1.82, 2.24) is 15.0 Å². The van der Waals surface area contributed by atoms with Crippen LogP contribution in [0.1, 0.15) is 62.8 Å². The average molecular weight is 351 g/mol. The monoisotopic (exact) mass is 351 g/mol. The van der Waals surface area contributed by atoms with Crippen molar-refractivity contribution in [2.24, 2.45) is 5.92 Å². The number of imidazole rings is 1. The number of alkyl halides is 3. The first-order valence-corrected chi connectivity index (χ1v) is 9.00. The van der Waals surface area contributed by atoms with Gasteiger partial charge in [-0.3, -0.25) is 0 Å². The van der Waals surface area contributed by atoms with Crippen LogP contribution in [0, 0.1) is 5.92 Å². The zero-order valence-electron chi connectivity index (χ0n) is 14.3. The topological polar surface area (TPSA) is 41.6 Å². The molecule has 0 saturated heterocycles. The van der Waals surface area contributed by atoms with Gasteiger partial charge in [-0.05, 0) is 37.7 Å². The number of pyridine rings is 1. The Morgan fingerprint density at radius 1 is 1.24 bits per heavy atom. The van der Waals surface area contributed by atoms with E-state index < -0.39 is 11.7 Å². The second-order valence-electron chi connectivity index (χ2n) is 7.07. The van der Waals surface area contributed by atoms with Gasteiger partial charge in [-0.2, -0.15) is 13.2 Å². The maximum atomic E-state index is 12.7. The molecule has 0 aliphatic heterocycles. The molecule has 1 fully saturated rings. The van der Waals surface area contributed by atoms with Gasteiger partial charge in [0.1, 0.15) is 5.82 Å². The molecule has 0 unspecified atom stereocenters. The van der Waals surface area contributed by atoms with Crippen LogP contribution < -0.4 is 0 Å². The van der Waals surface area contributed by atoms with Gasteiger partial charge < -0.3 is 4.98 Å². The summed E-state index contributed by atoms with van der Waals surface area (Å²) in [5.41, 5.74) is 1.18. The molecule has 0 aromatic carbocycles. The molecule has 25 heavy (non-hydrogen) atoms. The van der Waals surface area contributed by atoms with Crippen molar-refractivity contribution in [3.05, 3.63) is 35.8 Å². The fourth-order valence-corrected chi connectivity index (χ4v) is 3.56. The van der Waals surface area contributed by atoms with Crippen molar-refractivity contribution in [2.45, 2.75) is 64.0 Å². The summed E-state index contributed by atoms with van der Waals surface area (Å²) in [7, 11) is 0. The van der Waals surface area contributed by atoms with E-state index in [0.717, 1.165) is 37.4 Å².